The smallest absolute Gasteiger partial charge is 0.282 e. The van der Waals surface area contributed by atoms with Crippen molar-refractivity contribution < 1.29 is 14.5 Å². The molecule has 0 aliphatic carbocycles. The number of likely N-dealkylation sites (N-methyl/N-ethyl adjacent to an activating group) is 1. The van der Waals surface area contributed by atoms with Crippen molar-refractivity contribution in [1.82, 2.24) is 0 Å². The van der Waals surface area contributed by atoms with Gasteiger partial charge in [0, 0.05) is 25.3 Å². The van der Waals surface area contributed by atoms with Crippen LogP contribution in [0, 0.1) is 0 Å². The number of carbonyl (C=O) groups excluding carboxylic acids is 2. The van der Waals surface area contributed by atoms with Gasteiger partial charge in [0.1, 0.15) is 13.1 Å². The lowest BCUT2D eigenvalue weighted by molar-refractivity contribution is -0.904. The molecule has 1 atom stereocenters. The van der Waals surface area contributed by atoms with Gasteiger partial charge in [-0.3, -0.25) is 14.5 Å². The predicted octanol–water partition coefficient (Wildman–Crippen LogP) is 1.14. The van der Waals surface area contributed by atoms with E-state index in [0.717, 1.165) is 24.5 Å². The molecule has 1 aliphatic rings. The van der Waals surface area contributed by atoms with Gasteiger partial charge in [-0.05, 0) is 31.2 Å². The third kappa shape index (κ3) is 4.46. The fourth-order valence-corrected chi connectivity index (χ4v) is 3.28. The van der Waals surface area contributed by atoms with Crippen LogP contribution < -0.4 is 20.0 Å². The maximum atomic E-state index is 12.9. The zero-order valence-electron chi connectivity index (χ0n) is 16.2. The van der Waals surface area contributed by atoms with Crippen LogP contribution in [0.15, 0.2) is 48.5 Å². The van der Waals surface area contributed by atoms with Crippen LogP contribution in [0.2, 0.25) is 0 Å². The molecular formula is C21H27N4O2+. The molecule has 1 unspecified atom stereocenters. The molecule has 0 bridgehead atoms. The first kappa shape index (κ1) is 18.9. The lowest BCUT2D eigenvalue weighted by Crippen LogP contribution is -3.11. The second-order valence-corrected chi connectivity index (χ2v) is 7.06. The van der Waals surface area contributed by atoms with Crippen LogP contribution in [0.4, 0.5) is 17.1 Å². The minimum atomic E-state index is -0.153. The number of nitrogens with zero attached hydrogens (tertiary/aromatic N) is 2. The van der Waals surface area contributed by atoms with E-state index < -0.39 is 0 Å². The van der Waals surface area contributed by atoms with Crippen LogP contribution in [0.1, 0.15) is 12.5 Å². The topological polar surface area (TPSA) is 57.1 Å². The van der Waals surface area contributed by atoms with Crippen LogP contribution in [0.3, 0.4) is 0 Å². The van der Waals surface area contributed by atoms with Gasteiger partial charge in [-0.15, -0.1) is 0 Å². The number of carbonyl (C=O) groups is 2. The predicted molar refractivity (Wildman–Crippen MR) is 108 cm³/mol. The Balaban J connectivity index is 1.69. The highest BCUT2D eigenvalue weighted by Gasteiger charge is 2.28. The molecule has 3 rings (SSSR count). The summed E-state index contributed by atoms with van der Waals surface area (Å²) < 4.78 is 0. The molecule has 27 heavy (non-hydrogen) atoms. The Bertz CT molecular complexity index is 817. The molecule has 2 aromatic carbocycles. The summed E-state index contributed by atoms with van der Waals surface area (Å²) >= 11 is 0. The van der Waals surface area contributed by atoms with Gasteiger partial charge in [0.15, 0.2) is 6.54 Å². The first-order valence-corrected chi connectivity index (χ1v) is 9.27. The van der Waals surface area contributed by atoms with Crippen LogP contribution >= 0.6 is 0 Å². The zero-order valence-corrected chi connectivity index (χ0v) is 16.2. The van der Waals surface area contributed by atoms with Gasteiger partial charge >= 0.3 is 0 Å². The van der Waals surface area contributed by atoms with Gasteiger partial charge in [-0.1, -0.05) is 24.3 Å². The normalized spacial score (nSPS) is 14.3. The second-order valence-electron chi connectivity index (χ2n) is 7.06. The van der Waals surface area contributed by atoms with E-state index in [1.165, 1.54) is 10.5 Å². The van der Waals surface area contributed by atoms with Gasteiger partial charge in [-0.2, -0.15) is 0 Å². The van der Waals surface area contributed by atoms with E-state index in [-0.39, 0.29) is 18.4 Å². The number of amides is 2. The van der Waals surface area contributed by atoms with E-state index in [0.29, 0.717) is 12.2 Å². The molecule has 1 aliphatic heterocycles. The fourth-order valence-electron chi connectivity index (χ4n) is 3.28. The van der Waals surface area contributed by atoms with E-state index in [9.17, 15) is 9.59 Å². The average Bonchev–Trinajstić information content (AvgIpc) is 2.67. The second kappa shape index (κ2) is 8.22. The first-order valence-electron chi connectivity index (χ1n) is 9.27. The minimum absolute atomic E-state index is 0.0286. The number of anilines is 3. The third-order valence-corrected chi connectivity index (χ3v) is 4.88. The Morgan fingerprint density at radius 3 is 2.52 bits per heavy atom. The quantitative estimate of drug-likeness (QED) is 0.805. The molecule has 2 N–H and O–H groups in total. The molecule has 0 fully saturated rings. The van der Waals surface area contributed by atoms with Gasteiger partial charge in [-0.25, -0.2) is 0 Å². The third-order valence-electron chi connectivity index (χ3n) is 4.88. The standard InChI is InChI=1S/C21H26N4O2/c1-4-24(13-16-9-11-17(12-10-16)23(2)3)15-21(27)25-14-20(26)22-18-7-5-6-8-19(18)25/h5-12H,4,13-15H2,1-3H3,(H,22,26)/p+1. The van der Waals surface area contributed by atoms with Crippen LogP contribution in [-0.2, 0) is 16.1 Å². The average molecular weight is 367 g/mol. The molecule has 0 aromatic heterocycles. The highest BCUT2D eigenvalue weighted by atomic mass is 16.2. The van der Waals surface area contributed by atoms with Crippen LogP contribution in [0.25, 0.3) is 0 Å². The zero-order chi connectivity index (χ0) is 19.4. The summed E-state index contributed by atoms with van der Waals surface area (Å²) in [5.74, 6) is -0.182. The molecule has 142 valence electrons. The van der Waals surface area contributed by atoms with E-state index in [1.54, 1.807) is 4.90 Å². The lowest BCUT2D eigenvalue weighted by Gasteiger charge is -2.30. The van der Waals surface area contributed by atoms with Crippen LogP contribution in [0.5, 0.6) is 0 Å². The summed E-state index contributed by atoms with van der Waals surface area (Å²) in [7, 11) is 4.04. The Kier molecular flexibility index (Phi) is 5.76. The lowest BCUT2D eigenvalue weighted by atomic mass is 10.1. The number of nitrogens with one attached hydrogen (secondary N) is 2. The van der Waals surface area contributed by atoms with Gasteiger partial charge in [0.25, 0.3) is 5.91 Å². The van der Waals surface area contributed by atoms with E-state index in [4.69, 9.17) is 0 Å². The SMILES string of the molecule is CC[NH+](CC(=O)N1CC(=O)Nc2ccccc21)Cc1ccc(N(C)C)cc1. The molecular weight excluding hydrogens is 340 g/mol. The van der Waals surface area contributed by atoms with Crippen molar-refractivity contribution in [1.29, 1.82) is 0 Å². The van der Waals surface area contributed by atoms with Crippen molar-refractivity contribution in [3.8, 4) is 0 Å². The molecule has 6 heteroatoms. The summed E-state index contributed by atoms with van der Waals surface area (Å²) in [6, 6.07) is 15.8. The number of benzene rings is 2. The maximum Gasteiger partial charge on any atom is 0.282 e. The summed E-state index contributed by atoms with van der Waals surface area (Å²) in [5.41, 5.74) is 3.82. The van der Waals surface area contributed by atoms with Gasteiger partial charge in [0.05, 0.1) is 17.9 Å². The van der Waals surface area contributed by atoms with E-state index in [2.05, 4.69) is 41.4 Å². The van der Waals surface area contributed by atoms with Crippen molar-refractivity contribution in [2.24, 2.45) is 0 Å². The fraction of sp³-hybridized carbons (Fsp3) is 0.333. The Hall–Kier alpha value is -2.86. The molecule has 0 saturated carbocycles. The summed E-state index contributed by atoms with van der Waals surface area (Å²) in [6.07, 6.45) is 0. The molecule has 2 aromatic rings. The highest BCUT2D eigenvalue weighted by molar-refractivity contribution is 6.10. The van der Waals surface area contributed by atoms with Crippen molar-refractivity contribution in [3.63, 3.8) is 0 Å². The van der Waals surface area contributed by atoms with Crippen molar-refractivity contribution in [3.05, 3.63) is 54.1 Å². The number of hydrogen-bond acceptors (Lipinski definition) is 3. The number of hydrogen-bond donors (Lipinski definition) is 2. The molecule has 0 spiro atoms. The van der Waals surface area contributed by atoms with Gasteiger partial charge in [0.2, 0.25) is 5.91 Å². The van der Waals surface area contributed by atoms with E-state index >= 15 is 0 Å². The summed E-state index contributed by atoms with van der Waals surface area (Å²) in [4.78, 5) is 29.7. The number of fused-ring (bicyclic) bond motifs is 1. The minimum Gasteiger partial charge on any atom is -0.378 e. The number of para-hydroxylation sites is 2. The summed E-state index contributed by atoms with van der Waals surface area (Å²) in [5, 5.41) is 2.82. The largest absolute Gasteiger partial charge is 0.378 e. The molecule has 2 amide bonds. The monoisotopic (exact) mass is 367 g/mol. The molecule has 1 heterocycles. The Morgan fingerprint density at radius 2 is 1.85 bits per heavy atom. The Morgan fingerprint density at radius 1 is 1.15 bits per heavy atom. The maximum absolute atomic E-state index is 12.9. The van der Waals surface area contributed by atoms with Crippen LogP contribution in [-0.4, -0.2) is 45.5 Å². The van der Waals surface area contributed by atoms with E-state index in [1.807, 2.05) is 38.4 Å². The van der Waals surface area contributed by atoms with Crippen molar-refractivity contribution in [2.45, 2.75) is 13.5 Å². The van der Waals surface area contributed by atoms with Crippen molar-refractivity contribution >= 4 is 28.9 Å². The van der Waals surface area contributed by atoms with Gasteiger partial charge < -0.3 is 15.1 Å². The molecule has 0 saturated heterocycles. The molecule has 6 nitrogen and oxygen atoms in total. The number of quaternary nitrogens is 1. The first-order chi connectivity index (χ1) is 13.0. The summed E-state index contributed by atoms with van der Waals surface area (Å²) in [6.45, 7) is 4.12. The van der Waals surface area contributed by atoms with Crippen molar-refractivity contribution in [2.75, 3.05) is 48.8 Å². The Labute approximate surface area is 160 Å². The highest BCUT2D eigenvalue weighted by Crippen LogP contribution is 2.28. The molecule has 0 radical (unpaired) electrons. The number of rotatable bonds is 6.